The largest absolute Gasteiger partial charge is 0.465 e. The van der Waals surface area contributed by atoms with Crippen LogP contribution < -0.4 is 5.32 Å². The van der Waals surface area contributed by atoms with Crippen molar-refractivity contribution in [1.29, 1.82) is 0 Å². The molecule has 0 bridgehead atoms. The zero-order valence-electron chi connectivity index (χ0n) is 16.7. The third-order valence-electron chi connectivity index (χ3n) is 4.04. The lowest BCUT2D eigenvalue weighted by Crippen LogP contribution is -2.33. The second-order valence-electron chi connectivity index (χ2n) is 5.84. The average Bonchev–Trinajstić information content (AvgIpc) is 2.76. The van der Waals surface area contributed by atoms with Crippen LogP contribution >= 0.6 is 0 Å². The normalized spacial score (nSPS) is 11.7. The number of carbonyl (C=O) groups excluding carboxylic acids is 2. The second kappa shape index (κ2) is 11.4. The highest BCUT2D eigenvalue weighted by atomic mass is 16.6. The van der Waals surface area contributed by atoms with Gasteiger partial charge < -0.3 is 19.6 Å². The van der Waals surface area contributed by atoms with Crippen LogP contribution in [-0.4, -0.2) is 38.5 Å². The Hall–Kier alpha value is -3.45. The third-order valence-corrected chi connectivity index (χ3v) is 4.04. The third kappa shape index (κ3) is 6.02. The number of benzene rings is 2. The number of allylic oxidation sites excluding steroid dienone is 1. The van der Waals surface area contributed by atoms with Gasteiger partial charge >= 0.3 is 5.97 Å². The SMILES string of the molecule is C/C=C(/C(=O)OC)c1ccccc1COCNC(=O)/C(=N/OC)c1ccccc1. The van der Waals surface area contributed by atoms with Gasteiger partial charge in [0.25, 0.3) is 5.91 Å². The Kier molecular flexibility index (Phi) is 8.59. The standard InChI is InChI=1S/C22H24N2O5/c1-4-18(22(26)27-2)19-13-9-8-12-17(19)14-29-15-23-21(25)20(24-28-3)16-10-6-5-7-11-16/h4-13H,14-15H2,1-3H3,(H,23,25)/b18-4+,24-20+. The summed E-state index contributed by atoms with van der Waals surface area (Å²) in [6.07, 6.45) is 1.69. The van der Waals surface area contributed by atoms with Crippen LogP contribution in [0, 0.1) is 0 Å². The maximum Gasteiger partial charge on any atom is 0.338 e. The van der Waals surface area contributed by atoms with Crippen molar-refractivity contribution in [3.05, 3.63) is 77.4 Å². The van der Waals surface area contributed by atoms with Gasteiger partial charge in [0, 0.05) is 5.56 Å². The fraction of sp³-hybridized carbons (Fsp3) is 0.227. The van der Waals surface area contributed by atoms with Crippen molar-refractivity contribution < 1.29 is 23.9 Å². The Morgan fingerprint density at radius 2 is 1.72 bits per heavy atom. The van der Waals surface area contributed by atoms with Gasteiger partial charge in [-0.1, -0.05) is 65.8 Å². The van der Waals surface area contributed by atoms with Crippen molar-refractivity contribution in [2.75, 3.05) is 21.0 Å². The lowest BCUT2D eigenvalue weighted by molar-refractivity contribution is -0.133. The zero-order valence-corrected chi connectivity index (χ0v) is 16.7. The van der Waals surface area contributed by atoms with Crippen molar-refractivity contribution in [2.24, 2.45) is 5.16 Å². The molecule has 0 aromatic heterocycles. The number of oxime groups is 1. The summed E-state index contributed by atoms with van der Waals surface area (Å²) in [5, 5.41) is 6.45. The van der Waals surface area contributed by atoms with Crippen molar-refractivity contribution in [2.45, 2.75) is 13.5 Å². The zero-order chi connectivity index (χ0) is 21.1. The van der Waals surface area contributed by atoms with E-state index < -0.39 is 11.9 Å². The number of nitrogens with one attached hydrogen (secondary N) is 1. The lowest BCUT2D eigenvalue weighted by atomic mass is 10.00. The molecule has 0 aliphatic rings. The van der Waals surface area contributed by atoms with Crippen LogP contribution in [0.4, 0.5) is 0 Å². The molecule has 2 rings (SSSR count). The number of hydrogen-bond donors (Lipinski definition) is 1. The summed E-state index contributed by atoms with van der Waals surface area (Å²) in [6.45, 7) is 1.93. The van der Waals surface area contributed by atoms with E-state index in [1.165, 1.54) is 14.2 Å². The molecule has 0 saturated carbocycles. The maximum absolute atomic E-state index is 12.4. The number of methoxy groups -OCH3 is 1. The Bertz CT molecular complexity index is 891. The molecule has 29 heavy (non-hydrogen) atoms. The predicted molar refractivity (Wildman–Crippen MR) is 110 cm³/mol. The molecule has 1 N–H and O–H groups in total. The number of carbonyl (C=O) groups is 2. The van der Waals surface area contributed by atoms with E-state index in [0.29, 0.717) is 11.1 Å². The first-order valence-electron chi connectivity index (χ1n) is 8.97. The number of ether oxygens (including phenoxy) is 2. The van der Waals surface area contributed by atoms with E-state index in [1.54, 1.807) is 37.3 Å². The predicted octanol–water partition coefficient (Wildman–Crippen LogP) is 2.90. The fourth-order valence-corrected chi connectivity index (χ4v) is 2.68. The quantitative estimate of drug-likeness (QED) is 0.176. The Balaban J connectivity index is 2.00. The van der Waals surface area contributed by atoms with Gasteiger partial charge in [0.1, 0.15) is 13.8 Å². The highest BCUT2D eigenvalue weighted by Crippen LogP contribution is 2.21. The van der Waals surface area contributed by atoms with Crippen molar-refractivity contribution in [3.63, 3.8) is 0 Å². The highest BCUT2D eigenvalue weighted by molar-refractivity contribution is 6.45. The smallest absolute Gasteiger partial charge is 0.338 e. The van der Waals surface area contributed by atoms with Crippen LogP contribution in [0.5, 0.6) is 0 Å². The Labute approximate surface area is 170 Å². The molecule has 2 aromatic rings. The molecule has 7 nitrogen and oxygen atoms in total. The molecule has 7 heteroatoms. The minimum atomic E-state index is -0.421. The molecule has 0 fully saturated rings. The van der Waals surface area contributed by atoms with Gasteiger partial charge in [-0.3, -0.25) is 4.79 Å². The first-order valence-corrected chi connectivity index (χ1v) is 8.97. The van der Waals surface area contributed by atoms with Crippen molar-refractivity contribution >= 4 is 23.2 Å². The molecular weight excluding hydrogens is 372 g/mol. The molecule has 1 amide bonds. The summed E-state index contributed by atoms with van der Waals surface area (Å²) in [6, 6.07) is 16.3. The number of nitrogens with zero attached hydrogens (tertiary/aromatic N) is 1. The van der Waals surface area contributed by atoms with Gasteiger partial charge in [0.05, 0.1) is 19.3 Å². The fourth-order valence-electron chi connectivity index (χ4n) is 2.68. The van der Waals surface area contributed by atoms with E-state index >= 15 is 0 Å². The lowest BCUT2D eigenvalue weighted by Gasteiger charge is -2.13. The summed E-state index contributed by atoms with van der Waals surface area (Å²) >= 11 is 0. The molecule has 152 valence electrons. The summed E-state index contributed by atoms with van der Waals surface area (Å²) in [5.41, 5.74) is 2.76. The van der Waals surface area contributed by atoms with Gasteiger partial charge in [-0.2, -0.15) is 0 Å². The molecular formula is C22H24N2O5. The van der Waals surface area contributed by atoms with E-state index in [4.69, 9.17) is 14.3 Å². The van der Waals surface area contributed by atoms with Gasteiger partial charge in [-0.15, -0.1) is 0 Å². The van der Waals surface area contributed by atoms with Crippen LogP contribution in [0.15, 0.2) is 65.8 Å². The molecule has 0 spiro atoms. The number of hydrogen-bond acceptors (Lipinski definition) is 6. The Morgan fingerprint density at radius 3 is 2.38 bits per heavy atom. The van der Waals surface area contributed by atoms with Gasteiger partial charge in [-0.05, 0) is 18.1 Å². The van der Waals surface area contributed by atoms with E-state index in [0.717, 1.165) is 11.1 Å². The number of amides is 1. The van der Waals surface area contributed by atoms with E-state index in [1.807, 2.05) is 30.3 Å². The molecule has 0 heterocycles. The summed E-state index contributed by atoms with van der Waals surface area (Å²) in [7, 11) is 2.72. The summed E-state index contributed by atoms with van der Waals surface area (Å²) < 4.78 is 10.4. The molecule has 0 saturated heterocycles. The molecule has 0 aliphatic carbocycles. The number of esters is 1. The number of rotatable bonds is 9. The van der Waals surface area contributed by atoms with Gasteiger partial charge in [0.15, 0.2) is 5.71 Å². The molecule has 0 aliphatic heterocycles. The van der Waals surface area contributed by atoms with Crippen LogP contribution in [0.1, 0.15) is 23.6 Å². The minimum Gasteiger partial charge on any atom is -0.465 e. The summed E-state index contributed by atoms with van der Waals surface area (Å²) in [4.78, 5) is 29.2. The first-order chi connectivity index (χ1) is 14.1. The first kappa shape index (κ1) is 21.8. The Morgan fingerprint density at radius 1 is 1.03 bits per heavy atom. The van der Waals surface area contributed by atoms with Crippen LogP contribution in [-0.2, 0) is 30.5 Å². The van der Waals surface area contributed by atoms with E-state index in [2.05, 4.69) is 10.5 Å². The molecule has 0 atom stereocenters. The van der Waals surface area contributed by atoms with Gasteiger partial charge in [-0.25, -0.2) is 4.79 Å². The molecule has 0 radical (unpaired) electrons. The van der Waals surface area contributed by atoms with Crippen LogP contribution in [0.3, 0.4) is 0 Å². The van der Waals surface area contributed by atoms with Gasteiger partial charge in [0.2, 0.25) is 0 Å². The summed E-state index contributed by atoms with van der Waals surface area (Å²) in [5.74, 6) is -0.841. The molecule has 2 aromatic carbocycles. The van der Waals surface area contributed by atoms with Crippen molar-refractivity contribution in [3.8, 4) is 0 Å². The van der Waals surface area contributed by atoms with E-state index in [-0.39, 0.29) is 19.0 Å². The van der Waals surface area contributed by atoms with E-state index in [9.17, 15) is 9.59 Å². The van der Waals surface area contributed by atoms with Crippen LogP contribution in [0.2, 0.25) is 0 Å². The molecule has 0 unspecified atom stereocenters. The second-order valence-corrected chi connectivity index (χ2v) is 5.84. The maximum atomic E-state index is 12.4. The average molecular weight is 396 g/mol. The monoisotopic (exact) mass is 396 g/mol. The topological polar surface area (TPSA) is 86.2 Å². The minimum absolute atomic E-state index is 0.0356. The van der Waals surface area contributed by atoms with Crippen molar-refractivity contribution in [1.82, 2.24) is 5.32 Å². The highest BCUT2D eigenvalue weighted by Gasteiger charge is 2.16. The van der Waals surface area contributed by atoms with Crippen LogP contribution in [0.25, 0.3) is 5.57 Å².